The monoisotopic (exact) mass is 262 g/mol. The average Bonchev–Trinajstić information content (AvgIpc) is 2.90. The Morgan fingerprint density at radius 1 is 1.28 bits per heavy atom. The number of benzene rings is 1. The number of rotatable bonds is 5. The number of aromatic nitrogens is 2. The van der Waals surface area contributed by atoms with Gasteiger partial charge in [0.2, 0.25) is 0 Å². The molecule has 0 radical (unpaired) electrons. The third-order valence-corrected chi connectivity index (χ3v) is 4.35. The second-order valence-electron chi connectivity index (χ2n) is 4.39. The number of hydrogen-bond acceptors (Lipinski definition) is 3. The normalized spacial score (nSPS) is 14.4. The van der Waals surface area contributed by atoms with E-state index in [0.717, 1.165) is 11.4 Å². The molecule has 4 heteroatoms. The van der Waals surface area contributed by atoms with E-state index in [2.05, 4.69) is 36.2 Å². The fourth-order valence-electron chi connectivity index (χ4n) is 1.54. The smallest absolute Gasteiger partial charge is 0.0991 e. The zero-order valence-electron chi connectivity index (χ0n) is 10.7. The number of aliphatic hydroxyl groups excluding tert-OH is 1. The van der Waals surface area contributed by atoms with Crippen LogP contribution in [-0.2, 0) is 5.75 Å². The van der Waals surface area contributed by atoms with Crippen LogP contribution in [0.25, 0.3) is 5.69 Å². The van der Waals surface area contributed by atoms with Crippen LogP contribution in [0.3, 0.4) is 0 Å². The Bertz CT molecular complexity index is 465. The van der Waals surface area contributed by atoms with Gasteiger partial charge in [0.15, 0.2) is 0 Å². The van der Waals surface area contributed by atoms with Gasteiger partial charge in [-0.1, -0.05) is 19.1 Å². The number of aliphatic hydroxyl groups is 1. The minimum atomic E-state index is -0.264. The van der Waals surface area contributed by atoms with Gasteiger partial charge in [0, 0.05) is 29.1 Å². The van der Waals surface area contributed by atoms with Crippen LogP contribution in [-0.4, -0.2) is 26.0 Å². The van der Waals surface area contributed by atoms with E-state index < -0.39 is 0 Å². The molecule has 3 nitrogen and oxygen atoms in total. The molecule has 0 amide bonds. The molecule has 2 rings (SSSR count). The maximum absolute atomic E-state index is 9.44. The molecule has 0 unspecified atom stereocenters. The fourth-order valence-corrected chi connectivity index (χ4v) is 2.47. The summed E-state index contributed by atoms with van der Waals surface area (Å²) in [5.41, 5.74) is 2.39. The highest BCUT2D eigenvalue weighted by Gasteiger charge is 2.08. The van der Waals surface area contributed by atoms with Crippen LogP contribution in [0.15, 0.2) is 43.0 Å². The Kier molecular flexibility index (Phi) is 4.44. The maximum atomic E-state index is 9.44. The largest absolute Gasteiger partial charge is 0.392 e. The standard InChI is InChI=1S/C14H18N2OS/c1-11(17)12(2)18-9-13-3-5-14(6-4-13)16-8-7-15-10-16/h3-8,10-12,17H,9H2,1-2H3/t11-,12-/m1/s1. The summed E-state index contributed by atoms with van der Waals surface area (Å²) in [6, 6.07) is 8.42. The van der Waals surface area contributed by atoms with Crippen LogP contribution in [0.2, 0.25) is 0 Å². The molecular formula is C14H18N2OS. The van der Waals surface area contributed by atoms with Gasteiger partial charge in [0.1, 0.15) is 0 Å². The first kappa shape index (κ1) is 13.2. The maximum Gasteiger partial charge on any atom is 0.0991 e. The summed E-state index contributed by atoms with van der Waals surface area (Å²) in [6.45, 7) is 3.88. The quantitative estimate of drug-likeness (QED) is 0.900. The topological polar surface area (TPSA) is 38.0 Å². The highest BCUT2D eigenvalue weighted by atomic mass is 32.2. The predicted molar refractivity (Wildman–Crippen MR) is 76.0 cm³/mol. The van der Waals surface area contributed by atoms with Gasteiger partial charge in [-0.25, -0.2) is 4.98 Å². The van der Waals surface area contributed by atoms with Crippen molar-refractivity contribution in [3.63, 3.8) is 0 Å². The van der Waals surface area contributed by atoms with Crippen molar-refractivity contribution < 1.29 is 5.11 Å². The van der Waals surface area contributed by atoms with Crippen molar-refractivity contribution in [2.75, 3.05) is 0 Å². The van der Waals surface area contributed by atoms with E-state index in [1.165, 1.54) is 5.56 Å². The van der Waals surface area contributed by atoms with Gasteiger partial charge in [-0.05, 0) is 24.6 Å². The lowest BCUT2D eigenvalue weighted by atomic mass is 10.2. The molecule has 0 saturated carbocycles. The van der Waals surface area contributed by atoms with Gasteiger partial charge < -0.3 is 9.67 Å². The molecule has 1 heterocycles. The molecule has 1 aromatic heterocycles. The van der Waals surface area contributed by atoms with Crippen LogP contribution >= 0.6 is 11.8 Å². The highest BCUT2D eigenvalue weighted by molar-refractivity contribution is 7.99. The second-order valence-corrected chi connectivity index (χ2v) is 5.76. The van der Waals surface area contributed by atoms with Crippen molar-refractivity contribution in [1.29, 1.82) is 0 Å². The van der Waals surface area contributed by atoms with E-state index >= 15 is 0 Å². The summed E-state index contributed by atoms with van der Waals surface area (Å²) < 4.78 is 1.98. The van der Waals surface area contributed by atoms with E-state index in [9.17, 15) is 5.11 Å². The molecule has 2 atom stereocenters. The predicted octanol–water partition coefficient (Wildman–Crippen LogP) is 2.87. The molecule has 0 spiro atoms. The molecule has 18 heavy (non-hydrogen) atoms. The van der Waals surface area contributed by atoms with E-state index in [4.69, 9.17) is 0 Å². The van der Waals surface area contributed by atoms with Gasteiger partial charge in [-0.2, -0.15) is 11.8 Å². The van der Waals surface area contributed by atoms with Crippen LogP contribution in [0.4, 0.5) is 0 Å². The molecule has 0 saturated heterocycles. The van der Waals surface area contributed by atoms with Crippen molar-refractivity contribution in [3.8, 4) is 5.69 Å². The molecule has 0 fully saturated rings. The van der Waals surface area contributed by atoms with Crippen LogP contribution in [0, 0.1) is 0 Å². The Labute approximate surface area is 112 Å². The zero-order chi connectivity index (χ0) is 13.0. The molecule has 96 valence electrons. The number of thioether (sulfide) groups is 1. The molecular weight excluding hydrogens is 244 g/mol. The Morgan fingerprint density at radius 3 is 2.56 bits per heavy atom. The SMILES string of the molecule is C[C@@H](O)[C@@H](C)SCc1ccc(-n2ccnc2)cc1. The minimum Gasteiger partial charge on any atom is -0.392 e. The molecule has 2 aromatic rings. The summed E-state index contributed by atoms with van der Waals surface area (Å²) in [6.07, 6.45) is 5.23. The van der Waals surface area contributed by atoms with E-state index in [1.807, 2.05) is 17.7 Å². The molecule has 1 aromatic carbocycles. The lowest BCUT2D eigenvalue weighted by molar-refractivity contribution is 0.196. The lowest BCUT2D eigenvalue weighted by Gasteiger charge is -2.14. The Morgan fingerprint density at radius 2 is 2.00 bits per heavy atom. The van der Waals surface area contributed by atoms with Crippen molar-refractivity contribution in [3.05, 3.63) is 48.5 Å². The van der Waals surface area contributed by atoms with Gasteiger partial charge in [0.05, 0.1) is 12.4 Å². The Balaban J connectivity index is 1.96. The number of imidazole rings is 1. The molecule has 0 aliphatic carbocycles. The third kappa shape index (κ3) is 3.37. The summed E-state index contributed by atoms with van der Waals surface area (Å²) in [5.74, 6) is 0.927. The van der Waals surface area contributed by atoms with Gasteiger partial charge in [0.25, 0.3) is 0 Å². The summed E-state index contributed by atoms with van der Waals surface area (Å²) in [4.78, 5) is 4.03. The van der Waals surface area contributed by atoms with E-state index in [1.54, 1.807) is 24.3 Å². The zero-order valence-corrected chi connectivity index (χ0v) is 11.5. The van der Waals surface area contributed by atoms with Gasteiger partial charge in [-0.3, -0.25) is 0 Å². The second kappa shape index (κ2) is 6.07. The molecule has 0 bridgehead atoms. The minimum absolute atomic E-state index is 0.262. The van der Waals surface area contributed by atoms with Gasteiger partial charge >= 0.3 is 0 Å². The first-order valence-electron chi connectivity index (χ1n) is 6.04. The third-order valence-electron chi connectivity index (χ3n) is 2.93. The highest BCUT2D eigenvalue weighted by Crippen LogP contribution is 2.20. The van der Waals surface area contributed by atoms with Crippen molar-refractivity contribution >= 4 is 11.8 Å². The summed E-state index contributed by atoms with van der Waals surface area (Å²) >= 11 is 1.77. The van der Waals surface area contributed by atoms with E-state index in [-0.39, 0.29) is 11.4 Å². The van der Waals surface area contributed by atoms with Crippen LogP contribution < -0.4 is 0 Å². The molecule has 1 N–H and O–H groups in total. The van der Waals surface area contributed by atoms with Crippen molar-refractivity contribution in [2.24, 2.45) is 0 Å². The molecule has 0 aliphatic heterocycles. The first-order chi connectivity index (χ1) is 8.66. The number of hydrogen-bond donors (Lipinski definition) is 1. The number of nitrogens with zero attached hydrogens (tertiary/aromatic N) is 2. The lowest BCUT2D eigenvalue weighted by Crippen LogP contribution is -2.15. The summed E-state index contributed by atoms with van der Waals surface area (Å²) in [5, 5.41) is 9.70. The van der Waals surface area contributed by atoms with Crippen molar-refractivity contribution in [2.45, 2.75) is 31.0 Å². The van der Waals surface area contributed by atoms with Crippen LogP contribution in [0.1, 0.15) is 19.4 Å². The van der Waals surface area contributed by atoms with Gasteiger partial charge in [-0.15, -0.1) is 0 Å². The summed E-state index contributed by atoms with van der Waals surface area (Å²) in [7, 11) is 0. The van der Waals surface area contributed by atoms with Crippen LogP contribution in [0.5, 0.6) is 0 Å². The first-order valence-corrected chi connectivity index (χ1v) is 7.08. The average molecular weight is 262 g/mol. The van der Waals surface area contributed by atoms with E-state index in [0.29, 0.717) is 0 Å². The van der Waals surface area contributed by atoms with Crippen molar-refractivity contribution in [1.82, 2.24) is 9.55 Å². The fraction of sp³-hybridized carbons (Fsp3) is 0.357. The molecule has 0 aliphatic rings. The Hall–Kier alpha value is -1.26.